The molecule has 6 heteroatoms. The first-order chi connectivity index (χ1) is 8.70. The Morgan fingerprint density at radius 3 is 2.47 bits per heavy atom. The van der Waals surface area contributed by atoms with Crippen molar-refractivity contribution in [1.82, 2.24) is 4.98 Å². The Morgan fingerprint density at radius 2 is 2.05 bits per heavy atom. The molecule has 0 unspecified atom stereocenters. The van der Waals surface area contributed by atoms with Crippen molar-refractivity contribution in [2.75, 3.05) is 6.54 Å². The predicted octanol–water partition coefficient (Wildman–Crippen LogP) is 1.66. The van der Waals surface area contributed by atoms with E-state index in [1.54, 1.807) is 0 Å². The summed E-state index contributed by atoms with van der Waals surface area (Å²) in [5.74, 6) is -0.755. The summed E-state index contributed by atoms with van der Waals surface area (Å²) in [7, 11) is 0. The van der Waals surface area contributed by atoms with E-state index in [1.807, 2.05) is 0 Å². The lowest BCUT2D eigenvalue weighted by Gasteiger charge is -2.28. The Morgan fingerprint density at radius 1 is 1.47 bits per heavy atom. The molecular formula is C13H18ClFN2O2. The summed E-state index contributed by atoms with van der Waals surface area (Å²) in [6, 6.07) is 1.35. The van der Waals surface area contributed by atoms with Gasteiger partial charge in [-0.2, -0.15) is 0 Å². The standard InChI is InChI=1S/C13H18ClFN2O2/c1-12(2,18)8-5-9(17-11(14)10(8)15)13(19,6-16)7-3-4-7/h5,7,18-19H,3-4,6,16H2,1-2H3/t13-/m0/s1. The lowest BCUT2D eigenvalue weighted by molar-refractivity contribution is 0.0168. The van der Waals surface area contributed by atoms with E-state index >= 15 is 0 Å². The first-order valence-electron chi connectivity index (χ1n) is 6.22. The molecule has 1 heterocycles. The molecule has 0 saturated heterocycles. The molecule has 1 fully saturated rings. The van der Waals surface area contributed by atoms with Gasteiger partial charge in [0.2, 0.25) is 0 Å². The zero-order chi connectivity index (χ0) is 14.4. The van der Waals surface area contributed by atoms with E-state index in [-0.39, 0.29) is 28.9 Å². The van der Waals surface area contributed by atoms with Gasteiger partial charge in [0.05, 0.1) is 11.3 Å². The van der Waals surface area contributed by atoms with E-state index in [0.29, 0.717) is 0 Å². The molecule has 1 aliphatic rings. The van der Waals surface area contributed by atoms with Gasteiger partial charge in [-0.15, -0.1) is 0 Å². The van der Waals surface area contributed by atoms with Gasteiger partial charge >= 0.3 is 0 Å². The second-order valence-electron chi connectivity index (χ2n) is 5.62. The van der Waals surface area contributed by atoms with Crippen LogP contribution in [0.3, 0.4) is 0 Å². The van der Waals surface area contributed by atoms with Crippen LogP contribution >= 0.6 is 11.6 Å². The van der Waals surface area contributed by atoms with Crippen LogP contribution in [0.1, 0.15) is 37.9 Å². The van der Waals surface area contributed by atoms with E-state index in [0.717, 1.165) is 12.8 Å². The number of rotatable bonds is 4. The van der Waals surface area contributed by atoms with Crippen molar-refractivity contribution in [3.8, 4) is 0 Å². The summed E-state index contributed by atoms with van der Waals surface area (Å²) < 4.78 is 13.9. The summed E-state index contributed by atoms with van der Waals surface area (Å²) in [6.45, 7) is 2.88. The van der Waals surface area contributed by atoms with Crippen LogP contribution in [0.4, 0.5) is 4.39 Å². The second-order valence-corrected chi connectivity index (χ2v) is 5.98. The minimum absolute atomic E-state index is 0.00928. The lowest BCUT2D eigenvalue weighted by Crippen LogP contribution is -2.38. The third kappa shape index (κ3) is 2.60. The summed E-state index contributed by atoms with van der Waals surface area (Å²) in [5.41, 5.74) is 3.15. The molecule has 4 nitrogen and oxygen atoms in total. The summed E-state index contributed by atoms with van der Waals surface area (Å²) in [4.78, 5) is 3.90. The normalized spacial score (nSPS) is 19.3. The van der Waals surface area contributed by atoms with Gasteiger partial charge in [0, 0.05) is 12.1 Å². The molecule has 1 aromatic heterocycles. The first-order valence-corrected chi connectivity index (χ1v) is 6.59. The smallest absolute Gasteiger partial charge is 0.166 e. The van der Waals surface area contributed by atoms with Crippen molar-refractivity contribution in [1.29, 1.82) is 0 Å². The van der Waals surface area contributed by atoms with Crippen molar-refractivity contribution in [2.24, 2.45) is 11.7 Å². The van der Waals surface area contributed by atoms with Gasteiger partial charge in [0.1, 0.15) is 5.60 Å². The van der Waals surface area contributed by atoms with Gasteiger partial charge in [0.25, 0.3) is 0 Å². The molecule has 0 spiro atoms. The molecule has 4 N–H and O–H groups in total. The highest BCUT2D eigenvalue weighted by Crippen LogP contribution is 2.45. The van der Waals surface area contributed by atoms with Gasteiger partial charge in [-0.05, 0) is 38.7 Å². The predicted molar refractivity (Wildman–Crippen MR) is 70.1 cm³/mol. The van der Waals surface area contributed by atoms with Crippen LogP contribution < -0.4 is 5.73 Å². The highest BCUT2D eigenvalue weighted by atomic mass is 35.5. The third-order valence-corrected chi connectivity index (χ3v) is 3.83. The molecular weight excluding hydrogens is 271 g/mol. The van der Waals surface area contributed by atoms with Gasteiger partial charge in [0.15, 0.2) is 11.0 Å². The SMILES string of the molecule is CC(C)(O)c1cc([C@](O)(CN)C2CC2)nc(Cl)c1F. The molecule has 0 radical (unpaired) electrons. The summed E-state index contributed by atoms with van der Waals surface area (Å²) in [5, 5.41) is 20.2. The maximum absolute atomic E-state index is 13.9. The van der Waals surface area contributed by atoms with Crippen molar-refractivity contribution in [3.05, 3.63) is 28.3 Å². The number of nitrogens with zero attached hydrogens (tertiary/aromatic N) is 1. The highest BCUT2D eigenvalue weighted by molar-refractivity contribution is 6.29. The maximum atomic E-state index is 13.9. The first kappa shape index (κ1) is 14.7. The third-order valence-electron chi connectivity index (χ3n) is 3.58. The minimum atomic E-state index is -1.41. The number of aromatic nitrogens is 1. The monoisotopic (exact) mass is 288 g/mol. The van der Waals surface area contributed by atoms with Crippen molar-refractivity contribution >= 4 is 11.6 Å². The zero-order valence-corrected chi connectivity index (χ0v) is 11.7. The van der Waals surface area contributed by atoms with Crippen LogP contribution in [-0.4, -0.2) is 21.7 Å². The van der Waals surface area contributed by atoms with E-state index < -0.39 is 17.0 Å². The maximum Gasteiger partial charge on any atom is 0.166 e. The number of pyridine rings is 1. The zero-order valence-electron chi connectivity index (χ0n) is 11.0. The topological polar surface area (TPSA) is 79.4 Å². The molecule has 1 aliphatic carbocycles. The van der Waals surface area contributed by atoms with Crippen molar-refractivity contribution in [2.45, 2.75) is 37.9 Å². The van der Waals surface area contributed by atoms with Gasteiger partial charge in [-0.3, -0.25) is 0 Å². The summed E-state index contributed by atoms with van der Waals surface area (Å²) >= 11 is 5.76. The molecule has 0 aromatic carbocycles. The molecule has 2 rings (SSSR count). The molecule has 0 amide bonds. The molecule has 0 aliphatic heterocycles. The van der Waals surface area contributed by atoms with Gasteiger partial charge < -0.3 is 15.9 Å². The number of aliphatic hydroxyl groups is 2. The number of halogens is 2. The lowest BCUT2D eigenvalue weighted by atomic mass is 9.89. The fourth-order valence-corrected chi connectivity index (χ4v) is 2.40. The Bertz CT molecular complexity index is 500. The minimum Gasteiger partial charge on any atom is -0.386 e. The Hall–Kier alpha value is -0.750. The molecule has 0 bridgehead atoms. The van der Waals surface area contributed by atoms with Crippen molar-refractivity contribution < 1.29 is 14.6 Å². The van der Waals surface area contributed by atoms with Crippen LogP contribution in [0.15, 0.2) is 6.07 Å². The Labute approximate surface area is 116 Å². The van der Waals surface area contributed by atoms with Crippen LogP contribution in [0.5, 0.6) is 0 Å². The average molecular weight is 289 g/mol. The highest BCUT2D eigenvalue weighted by Gasteiger charge is 2.46. The van der Waals surface area contributed by atoms with E-state index in [2.05, 4.69) is 4.98 Å². The van der Waals surface area contributed by atoms with Crippen LogP contribution in [0.2, 0.25) is 5.15 Å². The second kappa shape index (κ2) is 4.66. The Kier molecular flexibility index (Phi) is 3.60. The number of hydrogen-bond acceptors (Lipinski definition) is 4. The number of hydrogen-bond donors (Lipinski definition) is 3. The molecule has 1 saturated carbocycles. The fraction of sp³-hybridized carbons (Fsp3) is 0.615. The number of nitrogens with two attached hydrogens (primary N) is 1. The van der Waals surface area contributed by atoms with Gasteiger partial charge in [-0.1, -0.05) is 11.6 Å². The largest absolute Gasteiger partial charge is 0.386 e. The van der Waals surface area contributed by atoms with E-state index in [1.165, 1.54) is 19.9 Å². The van der Waals surface area contributed by atoms with Gasteiger partial charge in [-0.25, -0.2) is 9.37 Å². The molecule has 1 atom stereocenters. The summed E-state index contributed by atoms with van der Waals surface area (Å²) in [6.07, 6.45) is 1.70. The van der Waals surface area contributed by atoms with E-state index in [9.17, 15) is 14.6 Å². The Balaban J connectivity index is 2.56. The van der Waals surface area contributed by atoms with Crippen LogP contribution in [0.25, 0.3) is 0 Å². The van der Waals surface area contributed by atoms with E-state index in [4.69, 9.17) is 17.3 Å². The molecule has 1 aromatic rings. The molecule has 19 heavy (non-hydrogen) atoms. The molecule has 106 valence electrons. The average Bonchev–Trinajstić information content (AvgIpc) is 3.14. The van der Waals surface area contributed by atoms with Crippen LogP contribution in [-0.2, 0) is 11.2 Å². The van der Waals surface area contributed by atoms with Crippen LogP contribution in [0, 0.1) is 11.7 Å². The fourth-order valence-electron chi connectivity index (χ4n) is 2.21. The quantitative estimate of drug-likeness (QED) is 0.736. The van der Waals surface area contributed by atoms with Crippen molar-refractivity contribution in [3.63, 3.8) is 0 Å².